The van der Waals surface area contributed by atoms with Crippen LogP contribution in [0.3, 0.4) is 0 Å². The number of aryl methyl sites for hydroxylation is 1. The summed E-state index contributed by atoms with van der Waals surface area (Å²) in [5, 5.41) is 1.08. The van der Waals surface area contributed by atoms with E-state index in [0.717, 1.165) is 27.7 Å². The number of para-hydroxylation sites is 1. The summed E-state index contributed by atoms with van der Waals surface area (Å²) in [6.07, 6.45) is 0. The molecule has 3 aromatic rings. The summed E-state index contributed by atoms with van der Waals surface area (Å²) in [6, 6.07) is 15.6. The SMILES string of the molecule is Cc1cc2ccccc2nc1-c1ccc(C(=O)OC(N)(N)N)c(N2CCOCC2)c1. The summed E-state index contributed by atoms with van der Waals surface area (Å²) in [7, 11) is 0. The third kappa shape index (κ3) is 4.27. The lowest BCUT2D eigenvalue weighted by molar-refractivity contribution is -0.00938. The molecule has 1 aliphatic heterocycles. The van der Waals surface area contributed by atoms with Crippen LogP contribution < -0.4 is 22.1 Å². The molecule has 0 bridgehead atoms. The van der Waals surface area contributed by atoms with E-state index in [9.17, 15) is 4.79 Å². The van der Waals surface area contributed by atoms with E-state index in [4.69, 9.17) is 31.7 Å². The lowest BCUT2D eigenvalue weighted by atomic mass is 10.0. The minimum atomic E-state index is -2.05. The van der Waals surface area contributed by atoms with Crippen LogP contribution in [0.4, 0.5) is 5.69 Å². The minimum absolute atomic E-state index is 0.338. The average Bonchev–Trinajstić information content (AvgIpc) is 2.72. The van der Waals surface area contributed by atoms with Gasteiger partial charge in [-0.2, -0.15) is 0 Å². The second-order valence-electron chi connectivity index (χ2n) is 7.42. The fraction of sp³-hybridized carbons (Fsp3) is 0.273. The van der Waals surface area contributed by atoms with Crippen LogP contribution in [0.5, 0.6) is 0 Å². The van der Waals surface area contributed by atoms with Crippen molar-refractivity contribution in [1.29, 1.82) is 0 Å². The monoisotopic (exact) mass is 407 g/mol. The van der Waals surface area contributed by atoms with Gasteiger partial charge >= 0.3 is 5.97 Å². The Labute approximate surface area is 174 Å². The Balaban J connectivity index is 1.80. The zero-order valence-electron chi connectivity index (χ0n) is 16.8. The van der Waals surface area contributed by atoms with Gasteiger partial charge in [-0.1, -0.05) is 24.3 Å². The summed E-state index contributed by atoms with van der Waals surface area (Å²) in [5.74, 6) is -2.73. The van der Waals surface area contributed by atoms with E-state index in [1.54, 1.807) is 6.07 Å². The molecule has 0 radical (unpaired) electrons. The number of ether oxygens (including phenoxy) is 2. The van der Waals surface area contributed by atoms with Crippen LogP contribution in [0.1, 0.15) is 15.9 Å². The van der Waals surface area contributed by atoms with E-state index >= 15 is 0 Å². The number of esters is 1. The van der Waals surface area contributed by atoms with E-state index in [1.165, 1.54) is 0 Å². The number of hydrogen-bond donors (Lipinski definition) is 3. The van der Waals surface area contributed by atoms with Crippen molar-refractivity contribution in [1.82, 2.24) is 4.98 Å². The first-order valence-corrected chi connectivity index (χ1v) is 9.75. The smallest absolute Gasteiger partial charge is 0.343 e. The van der Waals surface area contributed by atoms with Gasteiger partial charge in [0, 0.05) is 24.0 Å². The summed E-state index contributed by atoms with van der Waals surface area (Å²) >= 11 is 0. The van der Waals surface area contributed by atoms with Crippen molar-refractivity contribution in [2.75, 3.05) is 31.2 Å². The van der Waals surface area contributed by atoms with Gasteiger partial charge in [-0.05, 0) is 36.8 Å². The lowest BCUT2D eigenvalue weighted by Gasteiger charge is -2.31. The molecule has 0 unspecified atom stereocenters. The fourth-order valence-electron chi connectivity index (χ4n) is 3.65. The third-order valence-corrected chi connectivity index (χ3v) is 5.03. The summed E-state index contributed by atoms with van der Waals surface area (Å²) in [4.78, 5) is 19.6. The van der Waals surface area contributed by atoms with Gasteiger partial charge in [0.25, 0.3) is 5.97 Å². The first kappa shape index (κ1) is 20.2. The number of carbonyl (C=O) groups is 1. The van der Waals surface area contributed by atoms with Gasteiger partial charge in [0.2, 0.25) is 0 Å². The highest BCUT2D eigenvalue weighted by Gasteiger charge is 2.25. The predicted molar refractivity (Wildman–Crippen MR) is 116 cm³/mol. The average molecular weight is 407 g/mol. The van der Waals surface area contributed by atoms with Crippen LogP contribution in [0.2, 0.25) is 0 Å². The van der Waals surface area contributed by atoms with E-state index in [0.29, 0.717) is 37.6 Å². The molecule has 0 spiro atoms. The van der Waals surface area contributed by atoms with Gasteiger partial charge < -0.3 is 14.4 Å². The highest BCUT2D eigenvalue weighted by molar-refractivity contribution is 5.97. The predicted octanol–water partition coefficient (Wildman–Crippen LogP) is 1.69. The number of fused-ring (bicyclic) bond motifs is 1. The minimum Gasteiger partial charge on any atom is -0.413 e. The van der Waals surface area contributed by atoms with E-state index in [1.807, 2.05) is 43.3 Å². The number of benzene rings is 2. The van der Waals surface area contributed by atoms with E-state index in [-0.39, 0.29) is 0 Å². The largest absolute Gasteiger partial charge is 0.413 e. The standard InChI is InChI=1S/C22H25N5O3/c1-14-12-15-4-2-3-5-18(15)26-20(14)16-6-7-17(21(28)30-22(23,24)25)19(13-16)27-8-10-29-11-9-27/h2-7,12-13H,8-11,23-25H2,1H3. The molecule has 4 rings (SSSR count). The number of rotatable bonds is 4. The number of pyridine rings is 1. The molecule has 1 saturated heterocycles. The molecule has 0 atom stereocenters. The van der Waals surface area contributed by atoms with Crippen molar-refractivity contribution in [3.05, 3.63) is 59.7 Å². The van der Waals surface area contributed by atoms with Crippen molar-refractivity contribution in [3.8, 4) is 11.3 Å². The van der Waals surface area contributed by atoms with Crippen LogP contribution in [0, 0.1) is 6.92 Å². The number of aromatic nitrogens is 1. The first-order chi connectivity index (χ1) is 14.3. The van der Waals surface area contributed by atoms with E-state index < -0.39 is 11.9 Å². The topological polar surface area (TPSA) is 130 Å². The molecule has 0 saturated carbocycles. The van der Waals surface area contributed by atoms with Crippen LogP contribution in [0.25, 0.3) is 22.2 Å². The molecule has 30 heavy (non-hydrogen) atoms. The fourth-order valence-corrected chi connectivity index (χ4v) is 3.65. The van der Waals surface area contributed by atoms with Gasteiger partial charge in [-0.3, -0.25) is 17.2 Å². The normalized spacial score (nSPS) is 14.7. The number of morpholine rings is 1. The maximum absolute atomic E-state index is 12.7. The number of carbonyl (C=O) groups excluding carboxylic acids is 1. The van der Waals surface area contributed by atoms with Crippen molar-refractivity contribution in [2.45, 2.75) is 12.9 Å². The summed E-state index contributed by atoms with van der Waals surface area (Å²) < 4.78 is 10.5. The maximum Gasteiger partial charge on any atom is 0.343 e. The molecule has 1 aliphatic rings. The van der Waals surface area contributed by atoms with Crippen LogP contribution in [-0.2, 0) is 9.47 Å². The van der Waals surface area contributed by atoms with Gasteiger partial charge in [0.15, 0.2) is 0 Å². The van der Waals surface area contributed by atoms with E-state index in [2.05, 4.69) is 11.0 Å². The Bertz CT molecular complexity index is 1090. The Morgan fingerprint density at radius 1 is 1.10 bits per heavy atom. The first-order valence-electron chi connectivity index (χ1n) is 9.75. The Morgan fingerprint density at radius 3 is 2.57 bits per heavy atom. The van der Waals surface area contributed by atoms with Gasteiger partial charge in [-0.15, -0.1) is 0 Å². The van der Waals surface area contributed by atoms with Crippen molar-refractivity contribution < 1.29 is 14.3 Å². The summed E-state index contributed by atoms with van der Waals surface area (Å²) in [5.41, 5.74) is 21.1. The van der Waals surface area contributed by atoms with Gasteiger partial charge in [-0.25, -0.2) is 9.78 Å². The molecule has 8 nitrogen and oxygen atoms in total. The van der Waals surface area contributed by atoms with Crippen molar-refractivity contribution in [2.24, 2.45) is 17.2 Å². The number of nitrogens with two attached hydrogens (primary N) is 3. The molecule has 6 N–H and O–H groups in total. The molecular formula is C22H25N5O3. The highest BCUT2D eigenvalue weighted by atomic mass is 16.6. The molecular weight excluding hydrogens is 382 g/mol. The zero-order valence-corrected chi connectivity index (χ0v) is 16.8. The third-order valence-electron chi connectivity index (χ3n) is 5.03. The number of anilines is 1. The molecule has 0 amide bonds. The molecule has 2 heterocycles. The Hall–Kier alpha value is -3.04. The second-order valence-corrected chi connectivity index (χ2v) is 7.42. The molecule has 8 heteroatoms. The van der Waals surface area contributed by atoms with Gasteiger partial charge in [0.05, 0.1) is 35.7 Å². The maximum atomic E-state index is 12.7. The Morgan fingerprint density at radius 2 is 1.83 bits per heavy atom. The Kier molecular flexibility index (Phi) is 5.40. The van der Waals surface area contributed by atoms with Crippen LogP contribution in [-0.4, -0.2) is 43.2 Å². The van der Waals surface area contributed by atoms with Gasteiger partial charge in [0.1, 0.15) is 0 Å². The lowest BCUT2D eigenvalue weighted by Crippen LogP contribution is -2.61. The van der Waals surface area contributed by atoms with Crippen molar-refractivity contribution in [3.63, 3.8) is 0 Å². The zero-order chi connectivity index (χ0) is 21.3. The highest BCUT2D eigenvalue weighted by Crippen LogP contribution is 2.31. The quantitative estimate of drug-likeness (QED) is 0.440. The molecule has 1 fully saturated rings. The molecule has 1 aromatic heterocycles. The van der Waals surface area contributed by atoms with Crippen LogP contribution >= 0.6 is 0 Å². The molecule has 156 valence electrons. The number of nitrogens with zero attached hydrogens (tertiary/aromatic N) is 2. The number of hydrogen-bond acceptors (Lipinski definition) is 8. The molecule has 2 aromatic carbocycles. The van der Waals surface area contributed by atoms with Crippen LogP contribution in [0.15, 0.2) is 48.5 Å². The molecule has 0 aliphatic carbocycles. The summed E-state index contributed by atoms with van der Waals surface area (Å²) in [6.45, 7) is 4.46. The second kappa shape index (κ2) is 8.00. The van der Waals surface area contributed by atoms with Crippen molar-refractivity contribution >= 4 is 22.6 Å².